The molecule has 1 atom stereocenters. The summed E-state index contributed by atoms with van der Waals surface area (Å²) in [5, 5.41) is 15.6. The van der Waals surface area contributed by atoms with E-state index in [0.717, 1.165) is 5.56 Å². The van der Waals surface area contributed by atoms with Crippen LogP contribution in [0.5, 0.6) is 0 Å². The number of rotatable bonds is 2. The van der Waals surface area contributed by atoms with Gasteiger partial charge in [0.1, 0.15) is 0 Å². The van der Waals surface area contributed by atoms with Gasteiger partial charge in [0.15, 0.2) is 0 Å². The number of aliphatic carboxylic acids is 1. The first-order valence-electron chi connectivity index (χ1n) is 6.84. The van der Waals surface area contributed by atoms with E-state index < -0.39 is 11.4 Å². The van der Waals surface area contributed by atoms with Crippen LogP contribution < -0.4 is 10.6 Å². The van der Waals surface area contributed by atoms with E-state index >= 15 is 0 Å². The quantitative estimate of drug-likeness (QED) is 0.733. The Balaban J connectivity index is 2.00. The Labute approximate surface area is 132 Å². The number of benzene rings is 1. The van der Waals surface area contributed by atoms with Crippen molar-refractivity contribution in [3.63, 3.8) is 0 Å². The molecule has 1 aromatic carbocycles. The molecular weight excluding hydrogens is 304 g/mol. The van der Waals surface area contributed by atoms with E-state index in [1.807, 2.05) is 13.8 Å². The molecule has 0 radical (unpaired) electrons. The van der Waals surface area contributed by atoms with Crippen molar-refractivity contribution in [2.45, 2.75) is 19.9 Å². The minimum Gasteiger partial charge on any atom is -0.478 e. The number of halogens is 1. The Morgan fingerprint density at radius 3 is 2.77 bits per heavy atom. The van der Waals surface area contributed by atoms with Gasteiger partial charge in [-0.05, 0) is 24.3 Å². The zero-order chi connectivity index (χ0) is 16.1. The van der Waals surface area contributed by atoms with Crippen molar-refractivity contribution in [1.29, 1.82) is 0 Å². The maximum Gasteiger partial charge on any atom is 0.333 e. The molecule has 22 heavy (non-hydrogen) atoms. The Kier molecular flexibility index (Phi) is 3.25. The standard InChI is InChI=1S/C16H15ClN2O3/c1-16(2)11(15(21)22)7-18-13(16)6-10-9-5-8(17)3-4-12(9)19-14(10)20/h3-7,13,18H,1-2H3,(H,19,20)(H,21,22)/b10-6-. The number of hydrogen-bond acceptors (Lipinski definition) is 3. The van der Waals surface area contributed by atoms with Gasteiger partial charge in [-0.1, -0.05) is 25.4 Å². The molecule has 2 aliphatic rings. The Bertz CT molecular complexity index is 750. The van der Waals surface area contributed by atoms with E-state index in [1.54, 1.807) is 24.3 Å². The molecule has 6 heteroatoms. The summed E-state index contributed by atoms with van der Waals surface area (Å²) in [5.41, 5.74) is 1.62. The third-order valence-electron chi connectivity index (χ3n) is 4.21. The molecular formula is C16H15ClN2O3. The van der Waals surface area contributed by atoms with Crippen LogP contribution >= 0.6 is 11.6 Å². The smallest absolute Gasteiger partial charge is 0.333 e. The SMILES string of the molecule is CC1(C)C(C(=O)O)=CNC1/C=C1\C(=O)Nc2ccc(Cl)cc21. The molecule has 0 fully saturated rings. The number of carbonyl (C=O) groups is 2. The fourth-order valence-corrected chi connectivity index (χ4v) is 2.99. The third-order valence-corrected chi connectivity index (χ3v) is 4.44. The summed E-state index contributed by atoms with van der Waals surface area (Å²) in [6.45, 7) is 3.67. The second-order valence-corrected chi connectivity index (χ2v) is 6.39. The molecule has 3 N–H and O–H groups in total. The number of amides is 1. The minimum absolute atomic E-state index is 0.210. The number of nitrogens with one attached hydrogen (secondary N) is 2. The van der Waals surface area contributed by atoms with E-state index in [2.05, 4.69) is 10.6 Å². The van der Waals surface area contributed by atoms with Gasteiger partial charge in [0.2, 0.25) is 0 Å². The lowest BCUT2D eigenvalue weighted by molar-refractivity contribution is -0.133. The Morgan fingerprint density at radius 1 is 1.41 bits per heavy atom. The van der Waals surface area contributed by atoms with Gasteiger partial charge in [0, 0.05) is 33.5 Å². The number of fused-ring (bicyclic) bond motifs is 1. The first-order chi connectivity index (χ1) is 10.3. The van der Waals surface area contributed by atoms with E-state index in [-0.39, 0.29) is 11.9 Å². The molecule has 0 saturated heterocycles. The summed E-state index contributed by atoms with van der Waals surface area (Å²) in [7, 11) is 0. The van der Waals surface area contributed by atoms with Crippen molar-refractivity contribution in [1.82, 2.24) is 5.32 Å². The minimum atomic E-state index is -0.960. The highest BCUT2D eigenvalue weighted by Gasteiger charge is 2.41. The molecule has 2 heterocycles. The Morgan fingerprint density at radius 2 is 2.14 bits per heavy atom. The van der Waals surface area contributed by atoms with Crippen molar-refractivity contribution >= 4 is 34.7 Å². The molecule has 0 aromatic heterocycles. The molecule has 0 spiro atoms. The van der Waals surface area contributed by atoms with E-state index in [9.17, 15) is 14.7 Å². The molecule has 0 saturated carbocycles. The van der Waals surface area contributed by atoms with Crippen molar-refractivity contribution in [3.8, 4) is 0 Å². The van der Waals surface area contributed by atoms with Gasteiger partial charge >= 0.3 is 5.97 Å². The lowest BCUT2D eigenvalue weighted by Gasteiger charge is -2.26. The highest BCUT2D eigenvalue weighted by atomic mass is 35.5. The maximum absolute atomic E-state index is 12.2. The van der Waals surface area contributed by atoms with E-state index in [0.29, 0.717) is 21.9 Å². The number of anilines is 1. The molecule has 0 bridgehead atoms. The van der Waals surface area contributed by atoms with E-state index in [1.165, 1.54) is 6.20 Å². The van der Waals surface area contributed by atoms with Crippen LogP contribution in [0.1, 0.15) is 19.4 Å². The van der Waals surface area contributed by atoms with Crippen LogP contribution in [0.4, 0.5) is 5.69 Å². The number of hydrogen-bond donors (Lipinski definition) is 3. The summed E-state index contributed by atoms with van der Waals surface area (Å²) in [4.78, 5) is 23.5. The molecule has 3 rings (SSSR count). The monoisotopic (exact) mass is 318 g/mol. The van der Waals surface area contributed by atoms with Gasteiger partial charge in [-0.3, -0.25) is 4.79 Å². The van der Waals surface area contributed by atoms with Crippen molar-refractivity contribution in [2.75, 3.05) is 5.32 Å². The van der Waals surface area contributed by atoms with Crippen molar-refractivity contribution in [2.24, 2.45) is 5.41 Å². The van der Waals surface area contributed by atoms with Gasteiger partial charge < -0.3 is 15.7 Å². The van der Waals surface area contributed by atoms with Crippen LogP contribution in [-0.2, 0) is 9.59 Å². The fraction of sp³-hybridized carbons (Fsp3) is 0.250. The van der Waals surface area contributed by atoms with Crippen LogP contribution in [-0.4, -0.2) is 23.0 Å². The molecule has 114 valence electrons. The largest absolute Gasteiger partial charge is 0.478 e. The van der Waals surface area contributed by atoms with E-state index in [4.69, 9.17) is 11.6 Å². The molecule has 5 nitrogen and oxygen atoms in total. The molecule has 1 unspecified atom stereocenters. The van der Waals surface area contributed by atoms with Crippen LogP contribution in [0.3, 0.4) is 0 Å². The molecule has 2 aliphatic heterocycles. The topological polar surface area (TPSA) is 78.4 Å². The second kappa shape index (κ2) is 4.88. The molecule has 0 aliphatic carbocycles. The summed E-state index contributed by atoms with van der Waals surface area (Å²) in [6.07, 6.45) is 3.26. The fourth-order valence-electron chi connectivity index (χ4n) is 2.82. The van der Waals surface area contributed by atoms with Crippen LogP contribution in [0.15, 0.2) is 36.0 Å². The van der Waals surface area contributed by atoms with Crippen molar-refractivity contribution < 1.29 is 14.7 Å². The summed E-state index contributed by atoms with van der Waals surface area (Å²) in [6, 6.07) is 4.91. The van der Waals surface area contributed by atoms with Crippen LogP contribution in [0.25, 0.3) is 5.57 Å². The van der Waals surface area contributed by atoms with Gasteiger partial charge in [0.05, 0.1) is 11.6 Å². The van der Waals surface area contributed by atoms with Crippen LogP contribution in [0, 0.1) is 5.41 Å². The third kappa shape index (κ3) is 2.18. The average molecular weight is 319 g/mol. The predicted octanol–water partition coefficient (Wildman–Crippen LogP) is 2.64. The first-order valence-corrected chi connectivity index (χ1v) is 7.21. The van der Waals surface area contributed by atoms with Gasteiger partial charge in [0.25, 0.3) is 5.91 Å². The molecule has 1 amide bonds. The zero-order valence-corrected chi connectivity index (χ0v) is 12.9. The zero-order valence-electron chi connectivity index (χ0n) is 12.1. The maximum atomic E-state index is 12.2. The highest BCUT2D eigenvalue weighted by Crippen LogP contribution is 2.39. The predicted molar refractivity (Wildman–Crippen MR) is 84.5 cm³/mol. The highest BCUT2D eigenvalue weighted by molar-refractivity contribution is 6.34. The van der Waals surface area contributed by atoms with Gasteiger partial charge in [-0.25, -0.2) is 4.79 Å². The first kappa shape index (κ1) is 14.7. The molecule has 1 aromatic rings. The lowest BCUT2D eigenvalue weighted by Crippen LogP contribution is -2.34. The second-order valence-electron chi connectivity index (χ2n) is 5.95. The van der Waals surface area contributed by atoms with Gasteiger partial charge in [-0.2, -0.15) is 0 Å². The number of carbonyl (C=O) groups excluding carboxylic acids is 1. The van der Waals surface area contributed by atoms with Gasteiger partial charge in [-0.15, -0.1) is 0 Å². The normalized spacial score (nSPS) is 23.8. The summed E-state index contributed by atoms with van der Waals surface area (Å²) < 4.78 is 0. The summed E-state index contributed by atoms with van der Waals surface area (Å²) >= 11 is 6.00. The lowest BCUT2D eigenvalue weighted by atomic mass is 9.79. The van der Waals surface area contributed by atoms with Crippen molar-refractivity contribution in [3.05, 3.63) is 46.6 Å². The average Bonchev–Trinajstić information content (AvgIpc) is 2.88. The number of carboxylic acids is 1. The number of carboxylic acid groups (broad SMARTS) is 1. The van der Waals surface area contributed by atoms with Crippen LogP contribution in [0.2, 0.25) is 5.02 Å². The summed E-state index contributed by atoms with van der Waals surface area (Å²) in [5.74, 6) is -1.17. The Hall–Kier alpha value is -2.27.